The molecule has 0 aromatic heterocycles. The van der Waals surface area contributed by atoms with Gasteiger partial charge in [-0.15, -0.1) is 0 Å². The molecule has 3 aromatic rings. The van der Waals surface area contributed by atoms with Crippen molar-refractivity contribution in [1.82, 2.24) is 0 Å². The van der Waals surface area contributed by atoms with E-state index in [0.29, 0.717) is 6.61 Å². The number of hydrogen-bond donors (Lipinski definition) is 1. The van der Waals surface area contributed by atoms with E-state index in [4.69, 9.17) is 4.74 Å². The summed E-state index contributed by atoms with van der Waals surface area (Å²) in [4.78, 5) is 0. The van der Waals surface area contributed by atoms with Crippen LogP contribution in [0.5, 0.6) is 5.75 Å². The summed E-state index contributed by atoms with van der Waals surface area (Å²) in [5, 5.41) is 3.50. The van der Waals surface area contributed by atoms with Crippen LogP contribution in [0, 0.1) is 13.8 Å². The van der Waals surface area contributed by atoms with Gasteiger partial charge in [0.1, 0.15) is 12.4 Å². The Morgan fingerprint density at radius 1 is 0.846 bits per heavy atom. The van der Waals surface area contributed by atoms with Crippen molar-refractivity contribution < 1.29 is 4.74 Å². The van der Waals surface area contributed by atoms with Crippen LogP contribution in [0.15, 0.2) is 69.6 Å². The van der Waals surface area contributed by atoms with Gasteiger partial charge in [-0.05, 0) is 76.8 Å². The van der Waals surface area contributed by atoms with Crippen LogP contribution in [0.2, 0.25) is 0 Å². The molecular weight excluding hydrogens is 454 g/mol. The van der Waals surface area contributed by atoms with Gasteiger partial charge in [0.25, 0.3) is 0 Å². The zero-order valence-electron chi connectivity index (χ0n) is 14.9. The van der Waals surface area contributed by atoms with Crippen LogP contribution in [0.4, 0.5) is 5.69 Å². The minimum atomic E-state index is 0.548. The molecule has 3 aromatic carbocycles. The molecule has 1 N–H and O–H groups in total. The van der Waals surface area contributed by atoms with Crippen LogP contribution in [0.3, 0.4) is 0 Å². The first-order valence-corrected chi connectivity index (χ1v) is 10.1. The van der Waals surface area contributed by atoms with E-state index in [1.54, 1.807) is 0 Å². The molecule has 0 aliphatic carbocycles. The van der Waals surface area contributed by atoms with Crippen molar-refractivity contribution in [3.8, 4) is 5.75 Å². The van der Waals surface area contributed by atoms with Gasteiger partial charge in [0.05, 0.1) is 4.47 Å². The number of aryl methyl sites for hydroxylation is 2. The van der Waals surface area contributed by atoms with E-state index >= 15 is 0 Å². The summed E-state index contributed by atoms with van der Waals surface area (Å²) >= 11 is 7.07. The second kappa shape index (κ2) is 8.74. The van der Waals surface area contributed by atoms with Gasteiger partial charge in [-0.1, -0.05) is 51.8 Å². The van der Waals surface area contributed by atoms with Gasteiger partial charge in [-0.2, -0.15) is 0 Å². The van der Waals surface area contributed by atoms with Gasteiger partial charge in [0.2, 0.25) is 0 Å². The van der Waals surface area contributed by atoms with E-state index in [9.17, 15) is 0 Å². The van der Waals surface area contributed by atoms with E-state index in [-0.39, 0.29) is 0 Å². The lowest BCUT2D eigenvalue weighted by Crippen LogP contribution is -2.02. The minimum absolute atomic E-state index is 0.548. The predicted octanol–water partition coefficient (Wildman–Crippen LogP) is 7.02. The largest absolute Gasteiger partial charge is 0.488 e. The molecule has 3 rings (SSSR count). The highest BCUT2D eigenvalue weighted by Crippen LogP contribution is 2.27. The fraction of sp³-hybridized carbons (Fsp3) is 0.182. The monoisotopic (exact) mass is 473 g/mol. The number of benzene rings is 3. The highest BCUT2D eigenvalue weighted by Gasteiger charge is 2.05. The summed E-state index contributed by atoms with van der Waals surface area (Å²) in [5.74, 6) is 0.850. The van der Waals surface area contributed by atoms with Crippen molar-refractivity contribution in [3.05, 3.63) is 91.9 Å². The normalized spacial score (nSPS) is 10.6. The first kappa shape index (κ1) is 19.0. The molecular formula is C22H21Br2NO. The summed E-state index contributed by atoms with van der Waals surface area (Å²) in [7, 11) is 0. The molecule has 134 valence electrons. The Morgan fingerprint density at radius 3 is 2.27 bits per heavy atom. The zero-order chi connectivity index (χ0) is 18.5. The van der Waals surface area contributed by atoms with Crippen LogP contribution >= 0.6 is 31.9 Å². The number of halogens is 2. The van der Waals surface area contributed by atoms with Gasteiger partial charge in [0.15, 0.2) is 0 Å². The third-order valence-corrected chi connectivity index (χ3v) is 5.32. The van der Waals surface area contributed by atoms with Crippen LogP contribution < -0.4 is 10.1 Å². The molecule has 0 spiro atoms. The van der Waals surface area contributed by atoms with Crippen molar-refractivity contribution >= 4 is 37.5 Å². The second-order valence-corrected chi connectivity index (χ2v) is 8.12. The molecule has 0 bridgehead atoms. The Bertz CT molecular complexity index is 891. The maximum Gasteiger partial charge on any atom is 0.134 e. The van der Waals surface area contributed by atoms with E-state index in [1.807, 2.05) is 18.2 Å². The van der Waals surface area contributed by atoms with Crippen LogP contribution in [0.25, 0.3) is 0 Å². The smallest absolute Gasteiger partial charge is 0.134 e. The molecule has 26 heavy (non-hydrogen) atoms. The summed E-state index contributed by atoms with van der Waals surface area (Å²) in [5.41, 5.74) is 6.05. The molecule has 0 radical (unpaired) electrons. The van der Waals surface area contributed by atoms with E-state index in [2.05, 4.69) is 93.5 Å². The highest BCUT2D eigenvalue weighted by molar-refractivity contribution is 9.10. The lowest BCUT2D eigenvalue weighted by atomic mass is 10.1. The highest BCUT2D eigenvalue weighted by atomic mass is 79.9. The quantitative estimate of drug-likeness (QED) is 0.414. The molecule has 0 unspecified atom stereocenters. The zero-order valence-corrected chi connectivity index (χ0v) is 18.0. The fourth-order valence-electron chi connectivity index (χ4n) is 2.72. The Labute approximate surface area is 171 Å². The summed E-state index contributed by atoms with van der Waals surface area (Å²) in [6.45, 7) is 5.56. The summed E-state index contributed by atoms with van der Waals surface area (Å²) in [6.07, 6.45) is 0. The number of anilines is 1. The molecule has 0 heterocycles. The molecule has 0 atom stereocenters. The van der Waals surface area contributed by atoms with Gasteiger partial charge < -0.3 is 10.1 Å². The Kier molecular flexibility index (Phi) is 6.38. The Balaban J connectivity index is 1.60. The molecule has 0 fully saturated rings. The van der Waals surface area contributed by atoms with Gasteiger partial charge in [0, 0.05) is 16.7 Å². The first-order chi connectivity index (χ1) is 12.5. The van der Waals surface area contributed by atoms with E-state index in [1.165, 1.54) is 22.4 Å². The SMILES string of the molecule is Cc1ccc(NCc2ccc(OCc3ccc(Br)cc3)c(Br)c2)c(C)c1. The molecule has 0 aliphatic rings. The number of hydrogen-bond acceptors (Lipinski definition) is 2. The fourth-order valence-corrected chi connectivity index (χ4v) is 3.53. The maximum absolute atomic E-state index is 5.93. The lowest BCUT2D eigenvalue weighted by molar-refractivity contribution is 0.304. The minimum Gasteiger partial charge on any atom is -0.488 e. The third kappa shape index (κ3) is 5.12. The van der Waals surface area contributed by atoms with Crippen molar-refractivity contribution in [3.63, 3.8) is 0 Å². The standard InChI is InChI=1S/C22H21Br2NO/c1-15-3-9-21(16(2)11-15)25-13-18-6-10-22(20(24)12-18)26-14-17-4-7-19(23)8-5-17/h3-12,25H,13-14H2,1-2H3. The average molecular weight is 475 g/mol. The average Bonchev–Trinajstić information content (AvgIpc) is 2.61. The van der Waals surface area contributed by atoms with Crippen LogP contribution in [-0.2, 0) is 13.2 Å². The second-order valence-electron chi connectivity index (χ2n) is 6.35. The van der Waals surface area contributed by atoms with Gasteiger partial charge >= 0.3 is 0 Å². The molecule has 0 amide bonds. The first-order valence-electron chi connectivity index (χ1n) is 8.48. The van der Waals surface area contributed by atoms with Gasteiger partial charge in [-0.3, -0.25) is 0 Å². The van der Waals surface area contributed by atoms with Crippen molar-refractivity contribution in [1.29, 1.82) is 0 Å². The van der Waals surface area contributed by atoms with Crippen LogP contribution in [-0.4, -0.2) is 0 Å². The number of nitrogens with one attached hydrogen (secondary N) is 1. The molecule has 0 saturated carbocycles. The van der Waals surface area contributed by atoms with Crippen molar-refractivity contribution in [2.45, 2.75) is 27.0 Å². The van der Waals surface area contributed by atoms with E-state index < -0.39 is 0 Å². The molecule has 0 saturated heterocycles. The topological polar surface area (TPSA) is 21.3 Å². The molecule has 4 heteroatoms. The Morgan fingerprint density at radius 2 is 1.58 bits per heavy atom. The number of ether oxygens (including phenoxy) is 1. The third-order valence-electron chi connectivity index (χ3n) is 4.17. The lowest BCUT2D eigenvalue weighted by Gasteiger charge is -2.13. The van der Waals surface area contributed by atoms with Crippen LogP contribution in [0.1, 0.15) is 22.3 Å². The summed E-state index contributed by atoms with van der Waals surface area (Å²) < 4.78 is 7.97. The number of rotatable bonds is 6. The molecule has 2 nitrogen and oxygen atoms in total. The molecule has 0 aliphatic heterocycles. The van der Waals surface area contributed by atoms with Crippen molar-refractivity contribution in [2.75, 3.05) is 5.32 Å². The Hall–Kier alpha value is -1.78. The van der Waals surface area contributed by atoms with E-state index in [0.717, 1.165) is 26.8 Å². The summed E-state index contributed by atoms with van der Waals surface area (Å²) in [6, 6.07) is 20.8. The van der Waals surface area contributed by atoms with Crippen molar-refractivity contribution in [2.24, 2.45) is 0 Å². The van der Waals surface area contributed by atoms with Gasteiger partial charge in [-0.25, -0.2) is 0 Å². The maximum atomic E-state index is 5.93. The predicted molar refractivity (Wildman–Crippen MR) is 116 cm³/mol.